The molecule has 0 unspecified atom stereocenters. The van der Waals surface area contributed by atoms with Crippen molar-refractivity contribution in [1.82, 2.24) is 0 Å². The molecule has 114 valence electrons. The lowest BCUT2D eigenvalue weighted by molar-refractivity contribution is -0.138. The predicted octanol–water partition coefficient (Wildman–Crippen LogP) is 2.67. The van der Waals surface area contributed by atoms with E-state index in [2.05, 4.69) is 6.58 Å². The van der Waals surface area contributed by atoms with Crippen molar-refractivity contribution in [2.24, 2.45) is 0 Å². The lowest BCUT2D eigenvalue weighted by Gasteiger charge is -2.10. The molecule has 0 N–H and O–H groups in total. The average molecular weight is 292 g/mol. The zero-order valence-corrected chi connectivity index (χ0v) is 12.6. The number of hydrogen-bond donors (Lipinski definition) is 0. The lowest BCUT2D eigenvalue weighted by Crippen LogP contribution is -2.07. The highest BCUT2D eigenvalue weighted by Gasteiger charge is 2.11. The quantitative estimate of drug-likeness (QED) is 0.439. The van der Waals surface area contributed by atoms with Crippen LogP contribution in [0.15, 0.2) is 30.4 Å². The van der Waals surface area contributed by atoms with E-state index >= 15 is 0 Å². The molecule has 0 saturated carbocycles. The molecule has 0 radical (unpaired) electrons. The minimum absolute atomic E-state index is 0.336. The molecule has 5 heteroatoms. The van der Waals surface area contributed by atoms with Gasteiger partial charge in [0.2, 0.25) is 0 Å². The van der Waals surface area contributed by atoms with E-state index in [4.69, 9.17) is 14.2 Å². The van der Waals surface area contributed by atoms with Crippen molar-refractivity contribution in [2.75, 3.05) is 13.7 Å². The summed E-state index contributed by atoms with van der Waals surface area (Å²) < 4.78 is 15.1. The van der Waals surface area contributed by atoms with Crippen LogP contribution in [0.5, 0.6) is 11.5 Å². The van der Waals surface area contributed by atoms with Crippen LogP contribution in [0.3, 0.4) is 0 Å². The Morgan fingerprint density at radius 1 is 1.24 bits per heavy atom. The van der Waals surface area contributed by atoms with Crippen molar-refractivity contribution in [3.8, 4) is 11.5 Å². The summed E-state index contributed by atoms with van der Waals surface area (Å²) in [6, 6.07) is 5.26. The summed E-state index contributed by atoms with van der Waals surface area (Å²) in [5, 5.41) is 0. The molecule has 0 aliphatic rings. The summed E-state index contributed by atoms with van der Waals surface area (Å²) in [5.41, 5.74) is 1.38. The maximum Gasteiger partial charge on any atom is 0.333 e. The average Bonchev–Trinajstić information content (AvgIpc) is 2.45. The summed E-state index contributed by atoms with van der Waals surface area (Å²) in [4.78, 5) is 22.4. The Morgan fingerprint density at radius 2 is 1.95 bits per heavy atom. The largest absolute Gasteiger partial charge is 0.493 e. The van der Waals surface area contributed by atoms with Gasteiger partial charge in [-0.3, -0.25) is 4.79 Å². The molecule has 0 heterocycles. The van der Waals surface area contributed by atoms with Crippen molar-refractivity contribution in [3.63, 3.8) is 0 Å². The minimum Gasteiger partial charge on any atom is -0.493 e. The van der Waals surface area contributed by atoms with Crippen molar-refractivity contribution >= 4 is 11.9 Å². The van der Waals surface area contributed by atoms with Gasteiger partial charge in [0, 0.05) is 12.5 Å². The Kier molecular flexibility index (Phi) is 6.46. The van der Waals surface area contributed by atoms with E-state index in [0.29, 0.717) is 36.5 Å². The minimum atomic E-state index is -0.406. The first-order chi connectivity index (χ1) is 9.97. The predicted molar refractivity (Wildman–Crippen MR) is 78.4 cm³/mol. The SMILES string of the molecule is C=C(CCc1ccc(OC(C)=O)c(OC)c1)C(=O)OCC. The van der Waals surface area contributed by atoms with E-state index in [1.165, 1.54) is 14.0 Å². The van der Waals surface area contributed by atoms with Gasteiger partial charge in [0.05, 0.1) is 13.7 Å². The smallest absolute Gasteiger partial charge is 0.333 e. The molecular weight excluding hydrogens is 272 g/mol. The van der Waals surface area contributed by atoms with Crippen LogP contribution >= 0.6 is 0 Å². The Morgan fingerprint density at radius 3 is 2.52 bits per heavy atom. The monoisotopic (exact) mass is 292 g/mol. The number of carbonyl (C=O) groups is 2. The highest BCUT2D eigenvalue weighted by atomic mass is 16.6. The topological polar surface area (TPSA) is 61.8 Å². The molecule has 1 aromatic rings. The van der Waals surface area contributed by atoms with Gasteiger partial charge in [-0.1, -0.05) is 12.6 Å². The van der Waals surface area contributed by atoms with Crippen molar-refractivity contribution < 1.29 is 23.8 Å². The Hall–Kier alpha value is -2.30. The van der Waals surface area contributed by atoms with Crippen LogP contribution in [0.1, 0.15) is 25.8 Å². The third-order valence-corrected chi connectivity index (χ3v) is 2.76. The molecule has 0 atom stereocenters. The zero-order chi connectivity index (χ0) is 15.8. The summed E-state index contributed by atoms with van der Waals surface area (Å²) in [6.07, 6.45) is 1.11. The van der Waals surface area contributed by atoms with E-state index < -0.39 is 5.97 Å². The molecule has 1 rings (SSSR count). The van der Waals surface area contributed by atoms with Crippen LogP contribution in [-0.2, 0) is 20.7 Å². The maximum atomic E-state index is 11.5. The fourth-order valence-electron chi connectivity index (χ4n) is 1.74. The second-order valence-corrected chi connectivity index (χ2v) is 4.40. The number of hydrogen-bond acceptors (Lipinski definition) is 5. The fraction of sp³-hybridized carbons (Fsp3) is 0.375. The molecule has 0 fully saturated rings. The summed E-state index contributed by atoms with van der Waals surface area (Å²) in [6.45, 7) is 7.13. The molecule has 0 spiro atoms. The van der Waals surface area contributed by atoms with Gasteiger partial charge in [0.25, 0.3) is 0 Å². The van der Waals surface area contributed by atoms with E-state index in [-0.39, 0.29) is 5.97 Å². The van der Waals surface area contributed by atoms with Crippen molar-refractivity contribution in [1.29, 1.82) is 0 Å². The molecule has 0 aliphatic carbocycles. The van der Waals surface area contributed by atoms with Crippen LogP contribution < -0.4 is 9.47 Å². The summed E-state index contributed by atoms with van der Waals surface area (Å²) in [5.74, 6) is 0.0696. The Labute approximate surface area is 124 Å². The molecule has 1 aromatic carbocycles. The number of ether oxygens (including phenoxy) is 3. The molecule has 5 nitrogen and oxygen atoms in total. The zero-order valence-electron chi connectivity index (χ0n) is 12.6. The fourth-order valence-corrected chi connectivity index (χ4v) is 1.74. The highest BCUT2D eigenvalue weighted by molar-refractivity contribution is 5.87. The molecule has 0 saturated heterocycles. The molecule has 21 heavy (non-hydrogen) atoms. The second-order valence-electron chi connectivity index (χ2n) is 4.40. The van der Waals surface area contributed by atoms with Gasteiger partial charge < -0.3 is 14.2 Å². The second kappa shape index (κ2) is 8.09. The third kappa shape index (κ3) is 5.30. The van der Waals surface area contributed by atoms with Crippen LogP contribution in [0.25, 0.3) is 0 Å². The van der Waals surface area contributed by atoms with E-state index in [0.717, 1.165) is 5.56 Å². The first-order valence-electron chi connectivity index (χ1n) is 6.68. The van der Waals surface area contributed by atoms with Gasteiger partial charge in [-0.25, -0.2) is 4.79 Å². The van der Waals surface area contributed by atoms with Crippen LogP contribution in [0.4, 0.5) is 0 Å². The first-order valence-corrected chi connectivity index (χ1v) is 6.68. The summed E-state index contributed by atoms with van der Waals surface area (Å²) >= 11 is 0. The Balaban J connectivity index is 2.70. The van der Waals surface area contributed by atoms with E-state index in [9.17, 15) is 9.59 Å². The van der Waals surface area contributed by atoms with Gasteiger partial charge in [-0.2, -0.15) is 0 Å². The number of methoxy groups -OCH3 is 1. The number of rotatable bonds is 7. The molecule has 0 amide bonds. The molecule has 0 aromatic heterocycles. The number of benzene rings is 1. The number of aryl methyl sites for hydroxylation is 1. The van der Waals surface area contributed by atoms with Crippen molar-refractivity contribution in [2.45, 2.75) is 26.7 Å². The van der Waals surface area contributed by atoms with Crippen LogP contribution in [0, 0.1) is 0 Å². The molecule has 0 aliphatic heterocycles. The van der Waals surface area contributed by atoms with Gasteiger partial charge in [0.1, 0.15) is 0 Å². The maximum absolute atomic E-state index is 11.5. The Bertz CT molecular complexity index is 533. The highest BCUT2D eigenvalue weighted by Crippen LogP contribution is 2.29. The van der Waals surface area contributed by atoms with Crippen LogP contribution in [-0.4, -0.2) is 25.7 Å². The van der Waals surface area contributed by atoms with Gasteiger partial charge >= 0.3 is 11.9 Å². The van der Waals surface area contributed by atoms with E-state index in [1.807, 2.05) is 6.07 Å². The van der Waals surface area contributed by atoms with Gasteiger partial charge in [0.15, 0.2) is 11.5 Å². The molecular formula is C16H20O5. The molecule has 0 bridgehead atoms. The third-order valence-electron chi connectivity index (χ3n) is 2.76. The standard InChI is InChI=1S/C16H20O5/c1-5-20-16(18)11(2)6-7-13-8-9-14(21-12(3)17)15(10-13)19-4/h8-10H,2,5-7H2,1,3-4H3. The first kappa shape index (κ1) is 16.8. The summed E-state index contributed by atoms with van der Waals surface area (Å²) in [7, 11) is 1.50. The van der Waals surface area contributed by atoms with E-state index in [1.54, 1.807) is 19.1 Å². The normalized spacial score (nSPS) is 9.86. The lowest BCUT2D eigenvalue weighted by atomic mass is 10.1. The number of carbonyl (C=O) groups excluding carboxylic acids is 2. The van der Waals surface area contributed by atoms with Gasteiger partial charge in [-0.15, -0.1) is 0 Å². The van der Waals surface area contributed by atoms with Gasteiger partial charge in [-0.05, 0) is 37.5 Å². The number of esters is 2. The van der Waals surface area contributed by atoms with Crippen LogP contribution in [0.2, 0.25) is 0 Å². The van der Waals surface area contributed by atoms with Crippen molar-refractivity contribution in [3.05, 3.63) is 35.9 Å².